The molecule has 0 spiro atoms. The zero-order chi connectivity index (χ0) is 15.9. The number of tetrazole rings is 1. The summed E-state index contributed by atoms with van der Waals surface area (Å²) in [6.07, 6.45) is 1.15. The molecule has 8 heteroatoms. The first-order valence-corrected chi connectivity index (χ1v) is 8.85. The number of halogens is 2. The van der Waals surface area contributed by atoms with Crippen molar-refractivity contribution >= 4 is 11.3 Å². The quantitative estimate of drug-likeness (QED) is 0.840. The lowest BCUT2D eigenvalue weighted by Crippen LogP contribution is -2.40. The Morgan fingerprint density at radius 1 is 1.26 bits per heavy atom. The van der Waals surface area contributed by atoms with E-state index in [-0.39, 0.29) is 18.8 Å². The summed E-state index contributed by atoms with van der Waals surface area (Å²) >= 11 is 1.69. The maximum atomic E-state index is 13.0. The van der Waals surface area contributed by atoms with Crippen LogP contribution in [0.3, 0.4) is 0 Å². The average molecular weight is 339 g/mol. The Balaban J connectivity index is 1.34. The van der Waals surface area contributed by atoms with Crippen LogP contribution in [0.2, 0.25) is 0 Å². The summed E-state index contributed by atoms with van der Waals surface area (Å²) in [5, 5.41) is 14.0. The Morgan fingerprint density at radius 2 is 2.13 bits per heavy atom. The molecular weight excluding hydrogens is 320 g/mol. The number of aromatic nitrogens is 4. The van der Waals surface area contributed by atoms with Gasteiger partial charge in [0, 0.05) is 24.3 Å². The molecule has 1 atom stereocenters. The normalized spacial score (nSPS) is 24.9. The van der Waals surface area contributed by atoms with Crippen LogP contribution in [0.25, 0.3) is 0 Å². The van der Waals surface area contributed by atoms with Crippen LogP contribution in [0.5, 0.6) is 0 Å². The van der Waals surface area contributed by atoms with Crippen molar-refractivity contribution in [3.63, 3.8) is 0 Å². The number of likely N-dealkylation sites (tertiary alicyclic amines) is 1. The van der Waals surface area contributed by atoms with Crippen LogP contribution < -0.4 is 0 Å². The van der Waals surface area contributed by atoms with Gasteiger partial charge >= 0.3 is 0 Å². The van der Waals surface area contributed by atoms with E-state index in [0.717, 1.165) is 25.3 Å². The molecule has 2 aliphatic rings. The molecule has 23 heavy (non-hydrogen) atoms. The highest BCUT2D eigenvalue weighted by Crippen LogP contribution is 2.48. The molecule has 1 saturated carbocycles. The summed E-state index contributed by atoms with van der Waals surface area (Å²) in [6, 6.07) is 4.09. The van der Waals surface area contributed by atoms with Crippen LogP contribution in [0, 0.1) is 11.8 Å². The third kappa shape index (κ3) is 3.28. The van der Waals surface area contributed by atoms with Gasteiger partial charge in [-0.1, -0.05) is 6.07 Å². The van der Waals surface area contributed by atoms with Crippen molar-refractivity contribution in [2.24, 2.45) is 11.8 Å². The number of nitrogens with zero attached hydrogens (tertiary/aromatic N) is 5. The summed E-state index contributed by atoms with van der Waals surface area (Å²) in [7, 11) is 0. The minimum Gasteiger partial charge on any atom is -0.296 e. The van der Waals surface area contributed by atoms with E-state index >= 15 is 0 Å². The molecule has 2 aromatic heterocycles. The minimum atomic E-state index is -2.41. The maximum Gasteiger partial charge on any atom is 0.248 e. The van der Waals surface area contributed by atoms with Crippen molar-refractivity contribution in [1.82, 2.24) is 25.1 Å². The van der Waals surface area contributed by atoms with Crippen LogP contribution in [0.1, 0.15) is 30.0 Å². The molecule has 1 aliphatic carbocycles. The van der Waals surface area contributed by atoms with Crippen LogP contribution in [0.4, 0.5) is 8.78 Å². The highest BCUT2D eigenvalue weighted by Gasteiger charge is 2.49. The Kier molecular flexibility index (Phi) is 3.88. The lowest BCUT2D eigenvalue weighted by atomic mass is 9.73. The highest BCUT2D eigenvalue weighted by molar-refractivity contribution is 7.09. The third-order valence-electron chi connectivity index (χ3n) is 4.95. The first kappa shape index (κ1) is 15.1. The van der Waals surface area contributed by atoms with Crippen molar-refractivity contribution in [1.29, 1.82) is 0 Å². The zero-order valence-electron chi connectivity index (χ0n) is 12.7. The van der Waals surface area contributed by atoms with Gasteiger partial charge in [-0.15, -0.1) is 16.4 Å². The predicted molar refractivity (Wildman–Crippen MR) is 82.3 cm³/mol. The van der Waals surface area contributed by atoms with Gasteiger partial charge < -0.3 is 0 Å². The van der Waals surface area contributed by atoms with E-state index in [1.807, 2.05) is 16.1 Å². The van der Waals surface area contributed by atoms with Gasteiger partial charge in [-0.3, -0.25) is 4.90 Å². The highest BCUT2D eigenvalue weighted by atomic mass is 32.1. The molecule has 0 aromatic carbocycles. The second kappa shape index (κ2) is 5.90. The largest absolute Gasteiger partial charge is 0.296 e. The smallest absolute Gasteiger partial charge is 0.248 e. The van der Waals surface area contributed by atoms with E-state index in [1.54, 1.807) is 11.3 Å². The second-order valence-corrected chi connectivity index (χ2v) is 7.67. The SMILES string of the molecule is FC1(F)CC(C2CCN(Cc3nnnn3Cc3cccs3)C2)C1. The summed E-state index contributed by atoms with van der Waals surface area (Å²) in [5.74, 6) is -0.977. The summed E-state index contributed by atoms with van der Waals surface area (Å²) in [4.78, 5) is 3.51. The molecule has 4 rings (SSSR count). The van der Waals surface area contributed by atoms with E-state index in [2.05, 4.69) is 26.5 Å². The number of hydrogen-bond donors (Lipinski definition) is 0. The Labute approximate surface area is 137 Å². The molecule has 1 aliphatic heterocycles. The van der Waals surface area contributed by atoms with Crippen LogP contribution in [0.15, 0.2) is 17.5 Å². The standard InChI is InChI=1S/C15H19F2N5S/c16-15(17)6-12(7-15)11-3-4-21(8-11)10-14-18-19-20-22(14)9-13-2-1-5-23-13/h1-2,5,11-12H,3-4,6-10H2. The van der Waals surface area contributed by atoms with Gasteiger partial charge in [0.1, 0.15) is 0 Å². The molecule has 3 heterocycles. The number of thiophene rings is 1. The van der Waals surface area contributed by atoms with Crippen molar-refractivity contribution < 1.29 is 8.78 Å². The van der Waals surface area contributed by atoms with E-state index in [4.69, 9.17) is 0 Å². The van der Waals surface area contributed by atoms with E-state index < -0.39 is 5.92 Å². The van der Waals surface area contributed by atoms with Crippen LogP contribution in [-0.4, -0.2) is 44.1 Å². The molecule has 2 fully saturated rings. The van der Waals surface area contributed by atoms with Gasteiger partial charge in [0.25, 0.3) is 0 Å². The molecule has 1 unspecified atom stereocenters. The molecule has 124 valence electrons. The van der Waals surface area contributed by atoms with Gasteiger partial charge in [0.05, 0.1) is 13.1 Å². The fourth-order valence-corrected chi connectivity index (χ4v) is 4.33. The lowest BCUT2D eigenvalue weighted by molar-refractivity contribution is -0.124. The molecular formula is C15H19F2N5S. The molecule has 2 aromatic rings. The van der Waals surface area contributed by atoms with Crippen molar-refractivity contribution in [2.75, 3.05) is 13.1 Å². The van der Waals surface area contributed by atoms with E-state index in [9.17, 15) is 8.78 Å². The number of rotatable bonds is 5. The van der Waals surface area contributed by atoms with Gasteiger partial charge in [0.15, 0.2) is 5.82 Å². The average Bonchev–Trinajstić information content (AvgIpc) is 3.20. The van der Waals surface area contributed by atoms with E-state index in [1.165, 1.54) is 4.88 Å². The van der Waals surface area contributed by atoms with Crippen LogP contribution in [-0.2, 0) is 13.1 Å². The fourth-order valence-electron chi connectivity index (χ4n) is 3.64. The molecule has 0 N–H and O–H groups in total. The van der Waals surface area contributed by atoms with Gasteiger partial charge in [-0.05, 0) is 46.7 Å². The predicted octanol–water partition coefficient (Wildman–Crippen LogP) is 2.65. The minimum absolute atomic E-state index is 0.0711. The van der Waals surface area contributed by atoms with Crippen molar-refractivity contribution in [2.45, 2.75) is 38.3 Å². The molecule has 1 saturated heterocycles. The van der Waals surface area contributed by atoms with E-state index in [0.29, 0.717) is 19.0 Å². The summed E-state index contributed by atoms with van der Waals surface area (Å²) in [5.41, 5.74) is 0. The molecule has 0 amide bonds. The Hall–Kier alpha value is -1.41. The monoisotopic (exact) mass is 339 g/mol. The third-order valence-corrected chi connectivity index (χ3v) is 5.82. The zero-order valence-corrected chi connectivity index (χ0v) is 13.6. The maximum absolute atomic E-state index is 13.0. The first-order valence-electron chi connectivity index (χ1n) is 7.97. The van der Waals surface area contributed by atoms with Crippen LogP contribution >= 0.6 is 11.3 Å². The molecule has 0 bridgehead atoms. The second-order valence-electron chi connectivity index (χ2n) is 6.64. The number of alkyl halides is 2. The fraction of sp³-hybridized carbons (Fsp3) is 0.667. The summed E-state index contributed by atoms with van der Waals surface area (Å²) in [6.45, 7) is 3.20. The first-order chi connectivity index (χ1) is 11.1. The van der Waals surface area contributed by atoms with Gasteiger partial charge in [-0.25, -0.2) is 13.5 Å². The molecule has 5 nitrogen and oxygen atoms in total. The Morgan fingerprint density at radius 3 is 2.87 bits per heavy atom. The molecule has 0 radical (unpaired) electrons. The topological polar surface area (TPSA) is 46.8 Å². The van der Waals surface area contributed by atoms with Gasteiger partial charge in [-0.2, -0.15) is 0 Å². The lowest BCUT2D eigenvalue weighted by Gasteiger charge is -2.38. The van der Waals surface area contributed by atoms with Gasteiger partial charge in [0.2, 0.25) is 5.92 Å². The Bertz CT molecular complexity index is 649. The van der Waals surface area contributed by atoms with Crippen molar-refractivity contribution in [3.8, 4) is 0 Å². The summed E-state index contributed by atoms with van der Waals surface area (Å²) < 4.78 is 27.9. The number of hydrogen-bond acceptors (Lipinski definition) is 5. The van der Waals surface area contributed by atoms with Crippen molar-refractivity contribution in [3.05, 3.63) is 28.2 Å².